The van der Waals surface area contributed by atoms with Gasteiger partial charge in [-0.25, -0.2) is 4.99 Å². The van der Waals surface area contributed by atoms with Crippen molar-refractivity contribution in [2.45, 2.75) is 12.3 Å². The lowest BCUT2D eigenvalue weighted by Gasteiger charge is -2.32. The van der Waals surface area contributed by atoms with Crippen molar-refractivity contribution in [1.29, 1.82) is 0 Å². The van der Waals surface area contributed by atoms with Crippen LogP contribution in [-0.2, 0) is 0 Å². The van der Waals surface area contributed by atoms with Gasteiger partial charge < -0.3 is 5.32 Å². The predicted molar refractivity (Wildman–Crippen MR) is 201 cm³/mol. The second-order valence-electron chi connectivity index (χ2n) is 12.5. The molecule has 8 aromatic carbocycles. The highest BCUT2D eigenvalue weighted by molar-refractivity contribution is 6.25. The van der Waals surface area contributed by atoms with E-state index in [-0.39, 0.29) is 12.3 Å². The summed E-state index contributed by atoms with van der Waals surface area (Å²) >= 11 is 0. The summed E-state index contributed by atoms with van der Waals surface area (Å²) in [6.45, 7) is 0. The van der Waals surface area contributed by atoms with Gasteiger partial charge in [-0.05, 0) is 83.9 Å². The van der Waals surface area contributed by atoms with Crippen LogP contribution in [0.15, 0.2) is 181 Å². The van der Waals surface area contributed by atoms with Gasteiger partial charge in [0.05, 0.1) is 0 Å². The number of nitrogens with one attached hydrogen (secondary N) is 2. The third-order valence-corrected chi connectivity index (χ3v) is 9.52. The van der Waals surface area contributed by atoms with Gasteiger partial charge in [-0.1, -0.05) is 158 Å². The van der Waals surface area contributed by atoms with Gasteiger partial charge in [0.25, 0.3) is 0 Å². The topological polar surface area (TPSA) is 36.4 Å². The van der Waals surface area contributed by atoms with Gasteiger partial charge in [0.15, 0.2) is 0 Å². The van der Waals surface area contributed by atoms with E-state index in [2.05, 4.69) is 180 Å². The Kier molecular flexibility index (Phi) is 7.03. The molecule has 2 atom stereocenters. The van der Waals surface area contributed by atoms with Gasteiger partial charge >= 0.3 is 0 Å². The number of amidine groups is 1. The fraction of sp³-hybridized carbons (Fsp3) is 0.0444. The SMILES string of the molecule is c1ccc(C2=NC(c3cccc(-c4cccc(-c5ccc6c7ccccc7c7ccccc7c6c5)c4)c3)NC(c3ccccc3)N2)cc1. The van der Waals surface area contributed by atoms with E-state index < -0.39 is 0 Å². The Bertz CT molecular complexity index is 2430. The third-order valence-electron chi connectivity index (χ3n) is 9.52. The van der Waals surface area contributed by atoms with Crippen LogP contribution in [0.2, 0.25) is 0 Å². The summed E-state index contributed by atoms with van der Waals surface area (Å²) < 4.78 is 0. The number of rotatable bonds is 5. The molecule has 228 valence electrons. The van der Waals surface area contributed by atoms with Crippen molar-refractivity contribution < 1.29 is 0 Å². The summed E-state index contributed by atoms with van der Waals surface area (Å²) in [6, 6.07) is 63.0. The fourth-order valence-electron chi connectivity index (χ4n) is 7.14. The maximum Gasteiger partial charge on any atom is 0.131 e. The van der Waals surface area contributed by atoms with Crippen LogP contribution in [0, 0.1) is 0 Å². The lowest BCUT2D eigenvalue weighted by atomic mass is 9.91. The Morgan fingerprint density at radius 1 is 0.354 bits per heavy atom. The number of nitrogens with zero attached hydrogens (tertiary/aromatic N) is 1. The highest BCUT2D eigenvalue weighted by atomic mass is 15.3. The van der Waals surface area contributed by atoms with Gasteiger partial charge in [-0.15, -0.1) is 0 Å². The molecule has 9 rings (SSSR count). The van der Waals surface area contributed by atoms with Crippen molar-refractivity contribution >= 4 is 38.2 Å². The Morgan fingerprint density at radius 2 is 0.833 bits per heavy atom. The molecule has 0 aromatic heterocycles. The Morgan fingerprint density at radius 3 is 1.50 bits per heavy atom. The summed E-state index contributed by atoms with van der Waals surface area (Å²) in [5.41, 5.74) is 8.13. The zero-order valence-corrected chi connectivity index (χ0v) is 26.3. The average Bonchev–Trinajstić information content (AvgIpc) is 3.18. The summed E-state index contributed by atoms with van der Waals surface area (Å²) in [6.07, 6.45) is -0.282. The van der Waals surface area contributed by atoms with Gasteiger partial charge in [0.2, 0.25) is 0 Å². The van der Waals surface area contributed by atoms with Crippen molar-refractivity contribution in [3.05, 3.63) is 193 Å². The lowest BCUT2D eigenvalue weighted by molar-refractivity contribution is 0.409. The molecular weight excluding hydrogens is 583 g/mol. The second kappa shape index (κ2) is 12.0. The van der Waals surface area contributed by atoms with Crippen LogP contribution in [0.5, 0.6) is 0 Å². The van der Waals surface area contributed by atoms with E-state index in [0.29, 0.717) is 0 Å². The molecular formula is C45H33N3. The molecule has 0 saturated heterocycles. The van der Waals surface area contributed by atoms with Crippen molar-refractivity contribution in [1.82, 2.24) is 10.6 Å². The first-order chi connectivity index (χ1) is 23.8. The Balaban J connectivity index is 1.10. The van der Waals surface area contributed by atoms with Crippen LogP contribution < -0.4 is 10.6 Å². The number of hydrogen-bond acceptors (Lipinski definition) is 3. The average molecular weight is 616 g/mol. The third kappa shape index (κ3) is 5.11. The molecule has 0 radical (unpaired) electrons. The number of aliphatic imine (C=N–C) groups is 1. The van der Waals surface area contributed by atoms with Crippen LogP contribution in [-0.4, -0.2) is 5.84 Å². The molecule has 3 nitrogen and oxygen atoms in total. The van der Waals surface area contributed by atoms with Gasteiger partial charge in [-0.3, -0.25) is 5.32 Å². The summed E-state index contributed by atoms with van der Waals surface area (Å²) in [5, 5.41) is 15.1. The van der Waals surface area contributed by atoms with Gasteiger partial charge in [0.1, 0.15) is 18.2 Å². The number of benzene rings is 8. The molecule has 0 fully saturated rings. The van der Waals surface area contributed by atoms with Crippen molar-refractivity contribution in [3.8, 4) is 22.3 Å². The standard InChI is InChI=1S/C45H33N3/c1-3-13-30(14-4-1)43-46-44(31-15-5-2-6-16-31)48-45(47-43)36-20-12-19-34(28-36)32-17-11-18-33(27-32)35-25-26-41-39-23-8-7-21-37(39)38-22-9-10-24-40(38)42(41)29-35/h1-29,43,45,47H,(H,46,48). The molecule has 0 bridgehead atoms. The van der Waals surface area contributed by atoms with E-state index >= 15 is 0 Å². The minimum Gasteiger partial charge on any atom is -0.350 e. The molecule has 1 aliphatic rings. The molecule has 0 aliphatic carbocycles. The van der Waals surface area contributed by atoms with Crippen molar-refractivity contribution in [3.63, 3.8) is 0 Å². The monoisotopic (exact) mass is 615 g/mol. The Hall–Kier alpha value is -6.03. The van der Waals surface area contributed by atoms with E-state index in [0.717, 1.165) is 17.0 Å². The summed E-state index contributed by atoms with van der Waals surface area (Å²) in [7, 11) is 0. The maximum atomic E-state index is 5.17. The van der Waals surface area contributed by atoms with Crippen molar-refractivity contribution in [2.24, 2.45) is 4.99 Å². The van der Waals surface area contributed by atoms with Crippen LogP contribution in [0.1, 0.15) is 29.0 Å². The van der Waals surface area contributed by atoms with Crippen LogP contribution in [0.4, 0.5) is 0 Å². The molecule has 0 spiro atoms. The van der Waals surface area contributed by atoms with E-state index in [9.17, 15) is 0 Å². The number of hydrogen-bond donors (Lipinski definition) is 2. The highest BCUT2D eigenvalue weighted by Gasteiger charge is 2.25. The van der Waals surface area contributed by atoms with Crippen LogP contribution in [0.25, 0.3) is 54.6 Å². The van der Waals surface area contributed by atoms with Gasteiger partial charge in [0, 0.05) is 5.56 Å². The minimum absolute atomic E-state index is 0.0722. The predicted octanol–water partition coefficient (Wildman–Crippen LogP) is 10.8. The van der Waals surface area contributed by atoms with Gasteiger partial charge in [-0.2, -0.15) is 0 Å². The zero-order valence-electron chi connectivity index (χ0n) is 26.3. The summed E-state index contributed by atoms with van der Waals surface area (Å²) in [5.74, 6) is 0.886. The smallest absolute Gasteiger partial charge is 0.131 e. The molecule has 3 heteroatoms. The molecule has 0 amide bonds. The number of fused-ring (bicyclic) bond motifs is 6. The Labute approximate surface area is 280 Å². The van der Waals surface area contributed by atoms with E-state index in [1.54, 1.807) is 0 Å². The summed E-state index contributed by atoms with van der Waals surface area (Å²) in [4.78, 5) is 5.17. The van der Waals surface area contributed by atoms with Crippen molar-refractivity contribution in [2.75, 3.05) is 0 Å². The molecule has 1 heterocycles. The molecule has 0 saturated carbocycles. The zero-order chi connectivity index (χ0) is 31.9. The molecule has 2 N–H and O–H groups in total. The highest BCUT2D eigenvalue weighted by Crippen LogP contribution is 2.38. The first kappa shape index (κ1) is 28.2. The quantitative estimate of drug-likeness (QED) is 0.189. The normalized spacial score (nSPS) is 16.1. The first-order valence-corrected chi connectivity index (χ1v) is 16.5. The largest absolute Gasteiger partial charge is 0.350 e. The minimum atomic E-state index is -0.210. The lowest BCUT2D eigenvalue weighted by Crippen LogP contribution is -2.44. The van der Waals surface area contributed by atoms with Crippen LogP contribution in [0.3, 0.4) is 0 Å². The fourth-order valence-corrected chi connectivity index (χ4v) is 7.14. The second-order valence-corrected chi connectivity index (χ2v) is 12.5. The van der Waals surface area contributed by atoms with E-state index in [1.807, 2.05) is 6.07 Å². The molecule has 48 heavy (non-hydrogen) atoms. The molecule has 1 aliphatic heterocycles. The van der Waals surface area contributed by atoms with E-state index in [1.165, 1.54) is 60.1 Å². The maximum absolute atomic E-state index is 5.17. The molecule has 2 unspecified atom stereocenters. The van der Waals surface area contributed by atoms with Crippen LogP contribution >= 0.6 is 0 Å². The first-order valence-electron chi connectivity index (χ1n) is 16.5. The van der Waals surface area contributed by atoms with E-state index in [4.69, 9.17) is 4.99 Å². The molecule has 8 aromatic rings.